The van der Waals surface area contributed by atoms with Crippen molar-refractivity contribution in [1.29, 1.82) is 0 Å². The topological polar surface area (TPSA) is 97.9 Å². The number of pyridine rings is 1. The average molecular weight is 399 g/mol. The molecule has 3 rings (SSSR count). The first-order valence-corrected chi connectivity index (χ1v) is 10.5. The van der Waals surface area contributed by atoms with Crippen molar-refractivity contribution in [3.63, 3.8) is 0 Å². The maximum atomic E-state index is 12.0. The summed E-state index contributed by atoms with van der Waals surface area (Å²) >= 11 is 1.65. The predicted molar refractivity (Wildman–Crippen MR) is 116 cm³/mol. The van der Waals surface area contributed by atoms with Crippen LogP contribution in [0.15, 0.2) is 35.5 Å². The number of rotatable bonds is 7. The second-order valence-electron chi connectivity index (χ2n) is 6.66. The number of anilines is 2. The van der Waals surface area contributed by atoms with Gasteiger partial charge in [-0.1, -0.05) is 6.07 Å². The Kier molecular flexibility index (Phi) is 6.41. The van der Waals surface area contributed by atoms with Crippen LogP contribution in [0, 0.1) is 13.8 Å². The fourth-order valence-electron chi connectivity index (χ4n) is 3.11. The summed E-state index contributed by atoms with van der Waals surface area (Å²) in [6, 6.07) is 7.60. The van der Waals surface area contributed by atoms with E-state index in [-0.39, 0.29) is 6.03 Å². The van der Waals surface area contributed by atoms with Crippen molar-refractivity contribution in [2.24, 2.45) is 0 Å². The second-order valence-corrected chi connectivity index (χ2v) is 7.54. The van der Waals surface area contributed by atoms with Gasteiger partial charge in [0.25, 0.3) is 0 Å². The van der Waals surface area contributed by atoms with Gasteiger partial charge in [0.1, 0.15) is 5.52 Å². The molecular weight excluding hydrogens is 372 g/mol. The summed E-state index contributed by atoms with van der Waals surface area (Å²) in [4.78, 5) is 21.9. The second kappa shape index (κ2) is 8.97. The third-order valence-electron chi connectivity index (χ3n) is 4.71. The Bertz CT molecular complexity index is 984. The molecule has 1 aromatic carbocycles. The highest BCUT2D eigenvalue weighted by molar-refractivity contribution is 7.98. The lowest BCUT2D eigenvalue weighted by atomic mass is 10.2. The Morgan fingerprint density at radius 2 is 2.11 bits per heavy atom. The largest absolute Gasteiger partial charge is 0.382 e. The number of aromatic nitrogens is 3. The third kappa shape index (κ3) is 4.56. The molecule has 0 spiro atoms. The zero-order valence-corrected chi connectivity index (χ0v) is 17.3. The van der Waals surface area contributed by atoms with E-state index in [1.807, 2.05) is 50.7 Å². The molecule has 7 nitrogen and oxygen atoms in total. The van der Waals surface area contributed by atoms with Crippen molar-refractivity contribution in [2.75, 3.05) is 23.9 Å². The fraction of sp³-hybridized carbons (Fsp3) is 0.350. The maximum absolute atomic E-state index is 12.0. The number of carbonyl (C=O) groups is 1. The minimum absolute atomic E-state index is 0.184. The number of carbonyl (C=O) groups excluding carboxylic acids is 1. The zero-order chi connectivity index (χ0) is 20.1. The number of thioether (sulfide) groups is 1. The van der Waals surface area contributed by atoms with Crippen LogP contribution in [0.2, 0.25) is 0 Å². The quantitative estimate of drug-likeness (QED) is 0.413. The summed E-state index contributed by atoms with van der Waals surface area (Å²) in [6.07, 6.45) is 5.62. The molecule has 0 unspecified atom stereocenters. The molecule has 0 radical (unpaired) electrons. The van der Waals surface area contributed by atoms with Gasteiger partial charge in [0.2, 0.25) is 0 Å². The van der Waals surface area contributed by atoms with E-state index in [2.05, 4.69) is 25.2 Å². The molecular formula is C20H26N6OS. The highest BCUT2D eigenvalue weighted by Crippen LogP contribution is 2.24. The van der Waals surface area contributed by atoms with Crippen molar-refractivity contribution >= 4 is 40.3 Å². The standard InChI is InChI=1S/C20H26N6OS/c1-13-14(2)24-19(21)17-18(13)26(12-23-17)10-5-4-9-22-20(27)25-15-7-6-8-16(11-15)28-3/h6-8,11-12H,4-5,9-10H2,1-3H3,(H2,21,24)(H2,22,25,27). The minimum atomic E-state index is -0.184. The number of benzene rings is 1. The Balaban J connectivity index is 1.47. The van der Waals surface area contributed by atoms with Gasteiger partial charge in [0.05, 0.1) is 11.8 Å². The lowest BCUT2D eigenvalue weighted by Gasteiger charge is -2.10. The van der Waals surface area contributed by atoms with E-state index in [0.717, 1.165) is 52.3 Å². The Morgan fingerprint density at radius 3 is 2.89 bits per heavy atom. The van der Waals surface area contributed by atoms with Crippen LogP contribution < -0.4 is 16.4 Å². The van der Waals surface area contributed by atoms with Crippen LogP contribution in [0.5, 0.6) is 0 Å². The molecule has 0 atom stereocenters. The molecule has 2 heterocycles. The van der Waals surface area contributed by atoms with Gasteiger partial charge in [-0.25, -0.2) is 14.8 Å². The van der Waals surface area contributed by atoms with Crippen LogP contribution >= 0.6 is 11.8 Å². The van der Waals surface area contributed by atoms with Crippen LogP contribution in [0.3, 0.4) is 0 Å². The highest BCUT2D eigenvalue weighted by Gasteiger charge is 2.12. The number of nitrogens with two attached hydrogens (primary N) is 1. The third-order valence-corrected chi connectivity index (χ3v) is 5.43. The number of nitrogen functional groups attached to an aromatic ring is 1. The van der Waals surface area contributed by atoms with Gasteiger partial charge >= 0.3 is 6.03 Å². The number of unbranched alkanes of at least 4 members (excludes halogenated alkanes) is 1. The summed E-state index contributed by atoms with van der Waals surface area (Å²) in [7, 11) is 0. The van der Waals surface area contributed by atoms with Crippen molar-refractivity contribution in [3.05, 3.63) is 41.9 Å². The minimum Gasteiger partial charge on any atom is -0.382 e. The maximum Gasteiger partial charge on any atom is 0.319 e. The van der Waals surface area contributed by atoms with Crippen LogP contribution in [0.25, 0.3) is 11.0 Å². The molecule has 3 aromatic rings. The molecule has 0 aliphatic rings. The number of nitrogens with zero attached hydrogens (tertiary/aromatic N) is 3. The molecule has 0 bridgehead atoms. The number of hydrogen-bond donors (Lipinski definition) is 3. The van der Waals surface area contributed by atoms with Crippen molar-refractivity contribution < 1.29 is 4.79 Å². The fourth-order valence-corrected chi connectivity index (χ4v) is 3.57. The van der Waals surface area contributed by atoms with E-state index < -0.39 is 0 Å². The molecule has 0 fully saturated rings. The first-order valence-electron chi connectivity index (χ1n) is 9.26. The monoisotopic (exact) mass is 398 g/mol. The lowest BCUT2D eigenvalue weighted by molar-refractivity contribution is 0.252. The van der Waals surface area contributed by atoms with Crippen LogP contribution in [-0.2, 0) is 6.54 Å². The zero-order valence-electron chi connectivity index (χ0n) is 16.5. The van der Waals surface area contributed by atoms with Crippen molar-refractivity contribution in [2.45, 2.75) is 38.1 Å². The Labute approximate surface area is 169 Å². The molecule has 0 saturated carbocycles. The molecule has 0 saturated heterocycles. The number of nitrogens with one attached hydrogen (secondary N) is 2. The first kappa shape index (κ1) is 20.0. The summed E-state index contributed by atoms with van der Waals surface area (Å²) in [5.41, 5.74) is 10.6. The number of fused-ring (bicyclic) bond motifs is 1. The number of urea groups is 1. The molecule has 148 valence electrons. The molecule has 0 aliphatic heterocycles. The van der Waals surface area contributed by atoms with Gasteiger partial charge < -0.3 is 20.9 Å². The van der Waals surface area contributed by atoms with E-state index in [4.69, 9.17) is 5.73 Å². The number of aryl methyl sites for hydroxylation is 3. The molecule has 28 heavy (non-hydrogen) atoms. The number of imidazole rings is 1. The number of hydrogen-bond acceptors (Lipinski definition) is 5. The van der Waals surface area contributed by atoms with Gasteiger partial charge in [-0.15, -0.1) is 11.8 Å². The van der Waals surface area contributed by atoms with E-state index in [1.165, 1.54) is 0 Å². The van der Waals surface area contributed by atoms with Crippen LogP contribution in [-0.4, -0.2) is 33.4 Å². The highest BCUT2D eigenvalue weighted by atomic mass is 32.2. The van der Waals surface area contributed by atoms with Crippen molar-refractivity contribution in [1.82, 2.24) is 19.9 Å². The molecule has 2 aromatic heterocycles. The van der Waals surface area contributed by atoms with E-state index in [1.54, 1.807) is 11.8 Å². The normalized spacial score (nSPS) is 11.0. The van der Waals surface area contributed by atoms with Gasteiger partial charge in [0, 0.05) is 29.4 Å². The summed E-state index contributed by atoms with van der Waals surface area (Å²) in [5.74, 6) is 0.473. The Morgan fingerprint density at radius 1 is 1.29 bits per heavy atom. The summed E-state index contributed by atoms with van der Waals surface area (Å²) < 4.78 is 2.11. The van der Waals surface area contributed by atoms with Crippen molar-refractivity contribution in [3.8, 4) is 0 Å². The molecule has 8 heteroatoms. The van der Waals surface area contributed by atoms with E-state index in [0.29, 0.717) is 12.4 Å². The van der Waals surface area contributed by atoms with Gasteiger partial charge in [-0.2, -0.15) is 0 Å². The van der Waals surface area contributed by atoms with Gasteiger partial charge in [-0.05, 0) is 56.7 Å². The molecule has 2 amide bonds. The Hall–Kier alpha value is -2.74. The van der Waals surface area contributed by atoms with E-state index in [9.17, 15) is 4.79 Å². The molecule has 0 aliphatic carbocycles. The average Bonchev–Trinajstić information content (AvgIpc) is 3.10. The van der Waals surface area contributed by atoms with Crippen LogP contribution in [0.1, 0.15) is 24.1 Å². The van der Waals surface area contributed by atoms with E-state index >= 15 is 0 Å². The van der Waals surface area contributed by atoms with Gasteiger partial charge in [0.15, 0.2) is 5.82 Å². The SMILES string of the molecule is CSc1cccc(NC(=O)NCCCCn2cnc3c(N)nc(C)c(C)c32)c1. The van der Waals surface area contributed by atoms with Gasteiger partial charge in [-0.3, -0.25) is 0 Å². The molecule has 4 N–H and O–H groups in total. The van der Waals surface area contributed by atoms with Crippen LogP contribution in [0.4, 0.5) is 16.3 Å². The predicted octanol–water partition coefficient (Wildman–Crippen LogP) is 3.95. The smallest absolute Gasteiger partial charge is 0.319 e. The summed E-state index contributed by atoms with van der Waals surface area (Å²) in [5, 5.41) is 5.77. The lowest BCUT2D eigenvalue weighted by Crippen LogP contribution is -2.29. The number of amides is 2. The first-order chi connectivity index (χ1) is 13.5. The summed E-state index contributed by atoms with van der Waals surface area (Å²) in [6.45, 7) is 5.43.